The van der Waals surface area contributed by atoms with Crippen molar-refractivity contribution in [2.24, 2.45) is 0 Å². The lowest BCUT2D eigenvalue weighted by atomic mass is 10.0. The molecule has 16 heavy (non-hydrogen) atoms. The van der Waals surface area contributed by atoms with Gasteiger partial charge in [0.15, 0.2) is 5.82 Å². The Morgan fingerprint density at radius 3 is 2.62 bits per heavy atom. The van der Waals surface area contributed by atoms with E-state index in [9.17, 15) is 0 Å². The Morgan fingerprint density at radius 2 is 2.00 bits per heavy atom. The normalized spacial score (nSPS) is 16.1. The average Bonchev–Trinajstić information content (AvgIpc) is 2.65. The molecule has 0 aliphatic carbocycles. The molecule has 0 amide bonds. The predicted octanol–water partition coefficient (Wildman–Crippen LogP) is 2.19. The standard InChI is InChI=1S/C11H10BrN3O/c12-9-3-1-7(2-4-9)11-14-10(15-16-11)8-5-13-6-8/h1-4,8,13H,5-6H2. The quantitative estimate of drug-likeness (QED) is 0.916. The molecule has 0 saturated carbocycles. The molecule has 0 radical (unpaired) electrons. The Balaban J connectivity index is 1.88. The van der Waals surface area contributed by atoms with Gasteiger partial charge in [-0.25, -0.2) is 0 Å². The Hall–Kier alpha value is -1.20. The molecule has 1 aromatic carbocycles. The van der Waals surface area contributed by atoms with E-state index in [1.54, 1.807) is 0 Å². The molecule has 0 unspecified atom stereocenters. The van der Waals surface area contributed by atoms with Gasteiger partial charge >= 0.3 is 0 Å². The van der Waals surface area contributed by atoms with Crippen molar-refractivity contribution < 1.29 is 4.52 Å². The van der Waals surface area contributed by atoms with Crippen LogP contribution in [0.4, 0.5) is 0 Å². The summed E-state index contributed by atoms with van der Waals surface area (Å²) in [6, 6.07) is 7.84. The molecule has 82 valence electrons. The molecule has 2 aromatic rings. The second-order valence-electron chi connectivity index (χ2n) is 3.82. The lowest BCUT2D eigenvalue weighted by Crippen LogP contribution is -2.40. The summed E-state index contributed by atoms with van der Waals surface area (Å²) in [5, 5.41) is 7.19. The van der Waals surface area contributed by atoms with Gasteiger partial charge < -0.3 is 9.84 Å². The lowest BCUT2D eigenvalue weighted by molar-refractivity contribution is 0.382. The van der Waals surface area contributed by atoms with Gasteiger partial charge in [-0.05, 0) is 24.3 Å². The van der Waals surface area contributed by atoms with E-state index in [-0.39, 0.29) is 0 Å². The van der Waals surface area contributed by atoms with Crippen molar-refractivity contribution >= 4 is 15.9 Å². The van der Waals surface area contributed by atoms with Crippen LogP contribution in [0.5, 0.6) is 0 Å². The van der Waals surface area contributed by atoms with Crippen molar-refractivity contribution in [3.05, 3.63) is 34.6 Å². The Kier molecular flexibility index (Phi) is 2.49. The maximum atomic E-state index is 5.24. The van der Waals surface area contributed by atoms with Gasteiger partial charge in [0, 0.05) is 29.0 Å². The third kappa shape index (κ3) is 1.76. The lowest BCUT2D eigenvalue weighted by Gasteiger charge is -2.23. The third-order valence-electron chi connectivity index (χ3n) is 2.68. The van der Waals surface area contributed by atoms with Crippen molar-refractivity contribution in [3.8, 4) is 11.5 Å². The van der Waals surface area contributed by atoms with Crippen LogP contribution in [-0.2, 0) is 0 Å². The first-order valence-corrected chi connectivity index (χ1v) is 5.92. The van der Waals surface area contributed by atoms with Crippen molar-refractivity contribution in [2.75, 3.05) is 13.1 Å². The molecule has 0 atom stereocenters. The minimum Gasteiger partial charge on any atom is -0.334 e. The number of rotatable bonds is 2. The zero-order chi connectivity index (χ0) is 11.0. The molecular formula is C11H10BrN3O. The molecule has 1 N–H and O–H groups in total. The topological polar surface area (TPSA) is 51.0 Å². The van der Waals surface area contributed by atoms with Crippen LogP contribution in [0.25, 0.3) is 11.5 Å². The van der Waals surface area contributed by atoms with E-state index in [1.165, 1.54) is 0 Å². The van der Waals surface area contributed by atoms with Crippen molar-refractivity contribution in [1.82, 2.24) is 15.5 Å². The minimum atomic E-state index is 0.410. The molecule has 1 aliphatic heterocycles. The molecule has 1 aromatic heterocycles. The summed E-state index contributed by atoms with van der Waals surface area (Å²) < 4.78 is 6.28. The first-order valence-electron chi connectivity index (χ1n) is 5.13. The summed E-state index contributed by atoms with van der Waals surface area (Å²) in [7, 11) is 0. The number of hydrogen-bond acceptors (Lipinski definition) is 4. The van der Waals surface area contributed by atoms with Gasteiger partial charge in [-0.2, -0.15) is 4.98 Å². The molecule has 2 heterocycles. The first kappa shape index (κ1) is 9.99. The number of hydrogen-bond donors (Lipinski definition) is 1. The van der Waals surface area contributed by atoms with Crippen LogP contribution in [0.3, 0.4) is 0 Å². The fourth-order valence-electron chi connectivity index (χ4n) is 1.58. The smallest absolute Gasteiger partial charge is 0.257 e. The number of aromatic nitrogens is 2. The van der Waals surface area contributed by atoms with Crippen molar-refractivity contribution in [2.45, 2.75) is 5.92 Å². The van der Waals surface area contributed by atoms with E-state index >= 15 is 0 Å². The van der Waals surface area contributed by atoms with E-state index in [0.29, 0.717) is 11.8 Å². The van der Waals surface area contributed by atoms with Gasteiger partial charge in [0.25, 0.3) is 5.89 Å². The Labute approximate surface area is 101 Å². The van der Waals surface area contributed by atoms with E-state index in [0.717, 1.165) is 29.0 Å². The van der Waals surface area contributed by atoms with Crippen LogP contribution in [0.1, 0.15) is 11.7 Å². The summed E-state index contributed by atoms with van der Waals surface area (Å²) in [4.78, 5) is 4.40. The zero-order valence-corrected chi connectivity index (χ0v) is 10.1. The van der Waals surface area contributed by atoms with Crippen molar-refractivity contribution in [1.29, 1.82) is 0 Å². The van der Waals surface area contributed by atoms with Gasteiger partial charge in [-0.1, -0.05) is 21.1 Å². The second kappa shape index (κ2) is 3.99. The molecule has 5 heteroatoms. The van der Waals surface area contributed by atoms with Crippen LogP contribution in [0, 0.1) is 0 Å². The van der Waals surface area contributed by atoms with Crippen LogP contribution >= 0.6 is 15.9 Å². The molecule has 1 aliphatic rings. The Bertz CT molecular complexity index is 490. The van der Waals surface area contributed by atoms with Gasteiger partial charge in [-0.15, -0.1) is 0 Å². The maximum Gasteiger partial charge on any atom is 0.257 e. The summed E-state index contributed by atoms with van der Waals surface area (Å²) in [5.41, 5.74) is 0.953. The highest BCUT2D eigenvalue weighted by atomic mass is 79.9. The predicted molar refractivity (Wildman–Crippen MR) is 63.0 cm³/mol. The summed E-state index contributed by atoms with van der Waals surface area (Å²) in [5.74, 6) is 1.80. The zero-order valence-electron chi connectivity index (χ0n) is 8.48. The highest BCUT2D eigenvalue weighted by Crippen LogP contribution is 2.23. The highest BCUT2D eigenvalue weighted by Gasteiger charge is 2.24. The van der Waals surface area contributed by atoms with Crippen LogP contribution < -0.4 is 5.32 Å². The SMILES string of the molecule is Brc1ccc(-c2nc(C3CNC3)no2)cc1. The van der Waals surface area contributed by atoms with Crippen LogP contribution in [-0.4, -0.2) is 23.2 Å². The summed E-state index contributed by atoms with van der Waals surface area (Å²) in [6.07, 6.45) is 0. The van der Waals surface area contributed by atoms with E-state index in [2.05, 4.69) is 31.4 Å². The maximum absolute atomic E-state index is 5.24. The molecule has 3 rings (SSSR count). The number of halogens is 1. The second-order valence-corrected chi connectivity index (χ2v) is 4.74. The molecule has 0 bridgehead atoms. The molecule has 1 saturated heterocycles. The molecular weight excluding hydrogens is 270 g/mol. The largest absolute Gasteiger partial charge is 0.334 e. The summed E-state index contributed by atoms with van der Waals surface area (Å²) in [6.45, 7) is 1.89. The van der Waals surface area contributed by atoms with Gasteiger partial charge in [0.05, 0.1) is 0 Å². The number of benzene rings is 1. The fraction of sp³-hybridized carbons (Fsp3) is 0.273. The van der Waals surface area contributed by atoms with Crippen LogP contribution in [0.15, 0.2) is 33.3 Å². The van der Waals surface area contributed by atoms with E-state index in [1.807, 2.05) is 24.3 Å². The average molecular weight is 280 g/mol. The first-order chi connectivity index (χ1) is 7.83. The number of nitrogens with one attached hydrogen (secondary N) is 1. The molecule has 1 fully saturated rings. The van der Waals surface area contributed by atoms with Gasteiger partial charge in [0.2, 0.25) is 0 Å². The highest BCUT2D eigenvalue weighted by molar-refractivity contribution is 9.10. The van der Waals surface area contributed by atoms with Crippen molar-refractivity contribution in [3.63, 3.8) is 0 Å². The molecule has 4 nitrogen and oxygen atoms in total. The monoisotopic (exact) mass is 279 g/mol. The van der Waals surface area contributed by atoms with E-state index < -0.39 is 0 Å². The third-order valence-corrected chi connectivity index (χ3v) is 3.21. The van der Waals surface area contributed by atoms with E-state index in [4.69, 9.17) is 4.52 Å². The van der Waals surface area contributed by atoms with Gasteiger partial charge in [0.1, 0.15) is 0 Å². The fourth-order valence-corrected chi connectivity index (χ4v) is 1.85. The summed E-state index contributed by atoms with van der Waals surface area (Å²) >= 11 is 3.39. The van der Waals surface area contributed by atoms with Crippen LogP contribution in [0.2, 0.25) is 0 Å². The molecule has 0 spiro atoms. The van der Waals surface area contributed by atoms with Gasteiger partial charge in [-0.3, -0.25) is 0 Å². The number of nitrogens with zero attached hydrogens (tertiary/aromatic N) is 2. The Morgan fingerprint density at radius 1 is 1.25 bits per heavy atom. The minimum absolute atomic E-state index is 0.410.